The number of nitrogens with zero attached hydrogens (tertiary/aromatic N) is 4. The fourth-order valence-electron chi connectivity index (χ4n) is 6.81. The summed E-state index contributed by atoms with van der Waals surface area (Å²) in [4.78, 5) is 10.3. The van der Waals surface area contributed by atoms with Crippen LogP contribution in [0, 0.1) is 22.7 Å². The zero-order valence-electron chi connectivity index (χ0n) is 31.6. The standard InChI is InChI=1S/C50H42N4/c1-49(2,3)39-24-20-33(21-25-39)41-29-45(53-47(43(41)31-51)35-14-9-7-10-15-35)37-18-13-19-38(28-37)46-30-42(34-22-26-40(27-23-34)50(4,5)6)44(32-52)48(54-46)36-16-11-8-12-17-36/h7-30H,1-6H3. The lowest BCUT2D eigenvalue weighted by Gasteiger charge is -2.20. The zero-order chi connectivity index (χ0) is 38.0. The van der Waals surface area contributed by atoms with E-state index in [2.05, 4.69) is 108 Å². The third-order valence-electron chi connectivity index (χ3n) is 9.93. The van der Waals surface area contributed by atoms with E-state index >= 15 is 0 Å². The number of rotatable bonds is 6. The van der Waals surface area contributed by atoms with Crippen LogP contribution in [0.1, 0.15) is 63.8 Å². The molecule has 2 heterocycles. The Hall–Kier alpha value is -6.62. The highest BCUT2D eigenvalue weighted by Gasteiger charge is 2.21. The number of hydrogen-bond acceptors (Lipinski definition) is 4. The van der Waals surface area contributed by atoms with Gasteiger partial charge in [-0.15, -0.1) is 0 Å². The summed E-state index contributed by atoms with van der Waals surface area (Å²) < 4.78 is 0. The molecular formula is C50H42N4. The number of benzene rings is 5. The molecule has 0 aliphatic rings. The van der Waals surface area contributed by atoms with E-state index in [-0.39, 0.29) is 10.8 Å². The maximum absolute atomic E-state index is 10.6. The van der Waals surface area contributed by atoms with E-state index in [9.17, 15) is 10.5 Å². The molecule has 4 nitrogen and oxygen atoms in total. The van der Waals surface area contributed by atoms with Gasteiger partial charge in [-0.3, -0.25) is 0 Å². The molecule has 0 spiro atoms. The van der Waals surface area contributed by atoms with Gasteiger partial charge in [0.25, 0.3) is 0 Å². The molecule has 0 bridgehead atoms. The number of aromatic nitrogens is 2. The van der Waals surface area contributed by atoms with Crippen molar-refractivity contribution in [3.05, 3.63) is 168 Å². The molecule has 5 aromatic carbocycles. The normalized spacial score (nSPS) is 11.5. The molecule has 4 heteroatoms. The maximum atomic E-state index is 10.6. The number of pyridine rings is 2. The van der Waals surface area contributed by atoms with Gasteiger partial charge in [0.2, 0.25) is 0 Å². The second-order valence-corrected chi connectivity index (χ2v) is 15.7. The lowest BCUT2D eigenvalue weighted by atomic mass is 9.85. The third-order valence-corrected chi connectivity index (χ3v) is 9.93. The van der Waals surface area contributed by atoms with Crippen LogP contribution in [0.2, 0.25) is 0 Å². The predicted molar refractivity (Wildman–Crippen MR) is 221 cm³/mol. The van der Waals surface area contributed by atoms with Crippen LogP contribution in [-0.4, -0.2) is 9.97 Å². The summed E-state index contributed by atoms with van der Waals surface area (Å²) in [6.07, 6.45) is 0. The van der Waals surface area contributed by atoms with Gasteiger partial charge < -0.3 is 0 Å². The summed E-state index contributed by atoms with van der Waals surface area (Å²) in [7, 11) is 0. The monoisotopic (exact) mass is 698 g/mol. The molecule has 0 unspecified atom stereocenters. The summed E-state index contributed by atoms with van der Waals surface area (Å²) in [5.74, 6) is 0. The van der Waals surface area contributed by atoms with Crippen LogP contribution >= 0.6 is 0 Å². The van der Waals surface area contributed by atoms with Gasteiger partial charge in [-0.05, 0) is 51.3 Å². The SMILES string of the molecule is CC(C)(C)c1ccc(-c2cc(-c3cccc(-c4cc(-c5ccc(C(C)(C)C)cc5)c(C#N)c(-c5ccccc5)n4)c3)nc(-c3ccccc3)c2C#N)cc1. The molecule has 0 atom stereocenters. The average molecular weight is 699 g/mol. The van der Waals surface area contributed by atoms with E-state index < -0.39 is 0 Å². The Morgan fingerprint density at radius 2 is 0.741 bits per heavy atom. The summed E-state index contributed by atoms with van der Waals surface area (Å²) >= 11 is 0. The Bertz CT molecular complexity index is 2360. The van der Waals surface area contributed by atoms with E-state index in [0.29, 0.717) is 22.5 Å². The van der Waals surface area contributed by atoms with Crippen molar-refractivity contribution in [3.8, 4) is 79.4 Å². The molecule has 0 amide bonds. The van der Waals surface area contributed by atoms with Gasteiger partial charge in [0, 0.05) is 33.4 Å². The Morgan fingerprint density at radius 1 is 0.389 bits per heavy atom. The van der Waals surface area contributed by atoms with Gasteiger partial charge in [0.1, 0.15) is 12.1 Å². The van der Waals surface area contributed by atoms with Crippen LogP contribution in [0.5, 0.6) is 0 Å². The van der Waals surface area contributed by atoms with Gasteiger partial charge >= 0.3 is 0 Å². The van der Waals surface area contributed by atoms with Crippen LogP contribution in [-0.2, 0) is 10.8 Å². The van der Waals surface area contributed by atoms with Crippen molar-refractivity contribution >= 4 is 0 Å². The molecule has 0 radical (unpaired) electrons. The maximum Gasteiger partial charge on any atom is 0.102 e. The second-order valence-electron chi connectivity index (χ2n) is 15.7. The van der Waals surface area contributed by atoms with Crippen LogP contribution < -0.4 is 0 Å². The van der Waals surface area contributed by atoms with E-state index in [1.165, 1.54) is 11.1 Å². The molecule has 0 aliphatic carbocycles. The van der Waals surface area contributed by atoms with Crippen molar-refractivity contribution in [1.29, 1.82) is 10.5 Å². The van der Waals surface area contributed by atoms with Gasteiger partial charge in [0.05, 0.1) is 33.9 Å². The first kappa shape index (κ1) is 35.8. The largest absolute Gasteiger partial charge is 0.246 e. The van der Waals surface area contributed by atoms with Crippen molar-refractivity contribution in [2.45, 2.75) is 52.4 Å². The molecule has 0 N–H and O–H groups in total. The van der Waals surface area contributed by atoms with Gasteiger partial charge in [-0.2, -0.15) is 10.5 Å². The van der Waals surface area contributed by atoms with Crippen molar-refractivity contribution in [2.75, 3.05) is 0 Å². The molecule has 0 saturated carbocycles. The summed E-state index contributed by atoms with van der Waals surface area (Å²) in [6, 6.07) is 54.1. The molecule has 7 aromatic rings. The zero-order valence-corrected chi connectivity index (χ0v) is 31.6. The lowest BCUT2D eigenvalue weighted by Crippen LogP contribution is -2.10. The topological polar surface area (TPSA) is 73.4 Å². The van der Waals surface area contributed by atoms with Crippen molar-refractivity contribution in [1.82, 2.24) is 9.97 Å². The third kappa shape index (κ3) is 7.20. The van der Waals surface area contributed by atoms with Gasteiger partial charge in [0.15, 0.2) is 0 Å². The highest BCUT2D eigenvalue weighted by molar-refractivity contribution is 5.87. The minimum absolute atomic E-state index is 0.00519. The molecule has 7 rings (SSSR count). The van der Waals surface area contributed by atoms with Crippen LogP contribution in [0.25, 0.3) is 67.3 Å². The first-order chi connectivity index (χ1) is 25.9. The quantitative estimate of drug-likeness (QED) is 0.173. The Labute approximate surface area is 319 Å². The molecular weight excluding hydrogens is 657 g/mol. The molecule has 54 heavy (non-hydrogen) atoms. The van der Waals surface area contributed by atoms with E-state index in [0.717, 1.165) is 55.9 Å². The summed E-state index contributed by atoms with van der Waals surface area (Å²) in [6.45, 7) is 13.2. The Kier molecular flexibility index (Phi) is 9.55. The van der Waals surface area contributed by atoms with Gasteiger partial charge in [-0.1, -0.05) is 169 Å². The molecule has 0 fully saturated rings. The highest BCUT2D eigenvalue weighted by Crippen LogP contribution is 2.39. The van der Waals surface area contributed by atoms with E-state index in [4.69, 9.17) is 9.97 Å². The average Bonchev–Trinajstić information content (AvgIpc) is 3.20. The van der Waals surface area contributed by atoms with Crippen LogP contribution in [0.4, 0.5) is 0 Å². The Balaban J connectivity index is 1.42. The minimum Gasteiger partial charge on any atom is -0.246 e. The summed E-state index contributed by atoms with van der Waals surface area (Å²) in [5.41, 5.74) is 13.4. The van der Waals surface area contributed by atoms with Crippen molar-refractivity contribution in [3.63, 3.8) is 0 Å². The van der Waals surface area contributed by atoms with Crippen LogP contribution in [0.15, 0.2) is 146 Å². The fourth-order valence-corrected chi connectivity index (χ4v) is 6.81. The molecule has 0 saturated heterocycles. The van der Waals surface area contributed by atoms with Crippen molar-refractivity contribution in [2.24, 2.45) is 0 Å². The number of nitriles is 2. The van der Waals surface area contributed by atoms with Crippen LogP contribution in [0.3, 0.4) is 0 Å². The molecule has 262 valence electrons. The predicted octanol–water partition coefficient (Wildman–Crippen LogP) is 12.8. The first-order valence-electron chi connectivity index (χ1n) is 18.3. The fraction of sp³-hybridized carbons (Fsp3) is 0.160. The number of hydrogen-bond donors (Lipinski definition) is 0. The summed E-state index contributed by atoms with van der Waals surface area (Å²) in [5, 5.41) is 21.2. The first-order valence-corrected chi connectivity index (χ1v) is 18.3. The highest BCUT2D eigenvalue weighted by atomic mass is 14.7. The molecule has 2 aromatic heterocycles. The van der Waals surface area contributed by atoms with Crippen molar-refractivity contribution < 1.29 is 0 Å². The minimum atomic E-state index is 0.00519. The Morgan fingerprint density at radius 3 is 1.07 bits per heavy atom. The molecule has 0 aliphatic heterocycles. The van der Waals surface area contributed by atoms with E-state index in [1.807, 2.05) is 91.0 Å². The van der Waals surface area contributed by atoms with Gasteiger partial charge in [-0.25, -0.2) is 9.97 Å². The lowest BCUT2D eigenvalue weighted by molar-refractivity contribution is 0.590. The smallest absolute Gasteiger partial charge is 0.102 e. The second kappa shape index (κ2) is 14.4. The van der Waals surface area contributed by atoms with E-state index in [1.54, 1.807) is 0 Å².